The molecule has 0 aliphatic rings. The van der Waals surface area contributed by atoms with E-state index in [4.69, 9.17) is 0 Å². The van der Waals surface area contributed by atoms with E-state index in [0.717, 1.165) is 10.0 Å². The van der Waals surface area contributed by atoms with Gasteiger partial charge in [0.1, 0.15) is 5.82 Å². The number of aromatic amines is 1. The van der Waals surface area contributed by atoms with Crippen molar-refractivity contribution in [2.24, 2.45) is 0 Å². The Labute approximate surface area is 107 Å². The molecule has 0 spiro atoms. The predicted molar refractivity (Wildman–Crippen MR) is 71.0 cm³/mol. The first kappa shape index (κ1) is 11.9. The molecule has 1 atom stereocenters. The van der Waals surface area contributed by atoms with E-state index in [9.17, 15) is 4.79 Å². The monoisotopic (exact) mass is 293 g/mol. The van der Waals surface area contributed by atoms with Crippen LogP contribution in [0, 0.1) is 0 Å². The van der Waals surface area contributed by atoms with Crippen molar-refractivity contribution in [3.8, 4) is 0 Å². The second-order valence-corrected chi connectivity index (χ2v) is 4.63. The number of benzene rings is 1. The fraction of sp³-hybridized carbons (Fsp3) is 0.167. The molecule has 2 rings (SSSR count). The van der Waals surface area contributed by atoms with Crippen molar-refractivity contribution in [2.45, 2.75) is 13.0 Å². The molecule has 0 amide bonds. The number of nitrogens with zero attached hydrogens (tertiary/aromatic N) is 1. The van der Waals surface area contributed by atoms with E-state index < -0.39 is 0 Å². The van der Waals surface area contributed by atoms with Gasteiger partial charge in [-0.2, -0.15) is 0 Å². The SMILES string of the molecule is CC(Nc1cc(=O)[nH]cn1)c1cccc(Br)c1. The molecule has 1 unspecified atom stereocenters. The molecule has 17 heavy (non-hydrogen) atoms. The first-order valence-electron chi connectivity index (χ1n) is 5.22. The summed E-state index contributed by atoms with van der Waals surface area (Å²) in [5, 5.41) is 3.17. The lowest BCUT2D eigenvalue weighted by Crippen LogP contribution is -2.12. The lowest BCUT2D eigenvalue weighted by molar-refractivity contribution is 0.869. The zero-order valence-electron chi connectivity index (χ0n) is 9.27. The topological polar surface area (TPSA) is 57.8 Å². The number of halogens is 1. The van der Waals surface area contributed by atoms with Crippen LogP contribution >= 0.6 is 15.9 Å². The highest BCUT2D eigenvalue weighted by Crippen LogP contribution is 2.20. The van der Waals surface area contributed by atoms with Gasteiger partial charge in [0.05, 0.1) is 6.33 Å². The van der Waals surface area contributed by atoms with Crippen LogP contribution in [0.25, 0.3) is 0 Å². The molecule has 0 saturated heterocycles. The van der Waals surface area contributed by atoms with E-state index in [0.29, 0.717) is 5.82 Å². The largest absolute Gasteiger partial charge is 0.363 e. The average molecular weight is 294 g/mol. The molecule has 0 aliphatic carbocycles. The van der Waals surface area contributed by atoms with Gasteiger partial charge in [-0.1, -0.05) is 28.1 Å². The molecule has 0 radical (unpaired) electrons. The second-order valence-electron chi connectivity index (χ2n) is 3.72. The minimum atomic E-state index is -0.163. The van der Waals surface area contributed by atoms with Gasteiger partial charge in [-0.05, 0) is 24.6 Å². The van der Waals surface area contributed by atoms with Gasteiger partial charge >= 0.3 is 0 Å². The Morgan fingerprint density at radius 3 is 2.94 bits per heavy atom. The second kappa shape index (κ2) is 5.14. The molecule has 0 aliphatic heterocycles. The van der Waals surface area contributed by atoms with Gasteiger partial charge in [0.25, 0.3) is 5.56 Å². The summed E-state index contributed by atoms with van der Waals surface area (Å²) in [5.74, 6) is 0.571. The molecule has 2 N–H and O–H groups in total. The van der Waals surface area contributed by atoms with Crippen LogP contribution in [-0.2, 0) is 0 Å². The normalized spacial score (nSPS) is 12.1. The van der Waals surface area contributed by atoms with Crippen LogP contribution in [-0.4, -0.2) is 9.97 Å². The summed E-state index contributed by atoms with van der Waals surface area (Å²) in [5.41, 5.74) is 0.963. The lowest BCUT2D eigenvalue weighted by Gasteiger charge is -2.14. The predicted octanol–water partition coefficient (Wildman–Crippen LogP) is 2.71. The van der Waals surface area contributed by atoms with Gasteiger partial charge < -0.3 is 10.3 Å². The highest BCUT2D eigenvalue weighted by atomic mass is 79.9. The van der Waals surface area contributed by atoms with E-state index in [1.807, 2.05) is 31.2 Å². The molecule has 1 heterocycles. The third kappa shape index (κ3) is 3.17. The maximum atomic E-state index is 11.1. The lowest BCUT2D eigenvalue weighted by atomic mass is 10.1. The van der Waals surface area contributed by atoms with Gasteiger partial charge in [0.2, 0.25) is 0 Å². The van der Waals surface area contributed by atoms with Crippen molar-refractivity contribution in [1.82, 2.24) is 9.97 Å². The molecule has 0 fully saturated rings. The minimum Gasteiger partial charge on any atom is -0.363 e. The maximum Gasteiger partial charge on any atom is 0.252 e. The maximum absolute atomic E-state index is 11.1. The Balaban J connectivity index is 2.17. The molecule has 4 nitrogen and oxygen atoms in total. The molecule has 1 aromatic carbocycles. The number of anilines is 1. The van der Waals surface area contributed by atoms with Crippen LogP contribution in [0.1, 0.15) is 18.5 Å². The number of H-pyrrole nitrogens is 1. The van der Waals surface area contributed by atoms with Crippen molar-refractivity contribution in [3.05, 3.63) is 57.0 Å². The molecule has 2 aromatic rings. The Kier molecular flexibility index (Phi) is 3.58. The first-order chi connectivity index (χ1) is 8.15. The zero-order chi connectivity index (χ0) is 12.3. The summed E-state index contributed by atoms with van der Waals surface area (Å²) in [6.45, 7) is 2.02. The summed E-state index contributed by atoms with van der Waals surface area (Å²) in [4.78, 5) is 17.6. The highest BCUT2D eigenvalue weighted by Gasteiger charge is 2.06. The van der Waals surface area contributed by atoms with Gasteiger partial charge in [0, 0.05) is 16.6 Å². The van der Waals surface area contributed by atoms with Gasteiger partial charge in [-0.15, -0.1) is 0 Å². The van der Waals surface area contributed by atoms with Crippen molar-refractivity contribution in [3.63, 3.8) is 0 Å². The number of nitrogens with one attached hydrogen (secondary N) is 2. The smallest absolute Gasteiger partial charge is 0.252 e. The summed E-state index contributed by atoms with van der Waals surface area (Å²) in [6, 6.07) is 9.53. The Hall–Kier alpha value is -1.62. The Morgan fingerprint density at radius 2 is 2.24 bits per heavy atom. The standard InChI is InChI=1S/C12H12BrN3O/c1-8(9-3-2-4-10(13)5-9)16-11-6-12(17)15-7-14-11/h2-8H,1H3,(H2,14,15,16,17). The molecule has 0 bridgehead atoms. The van der Waals surface area contributed by atoms with Crippen molar-refractivity contribution < 1.29 is 0 Å². The van der Waals surface area contributed by atoms with Crippen LogP contribution < -0.4 is 10.9 Å². The molecule has 1 aromatic heterocycles. The minimum absolute atomic E-state index is 0.0850. The van der Waals surface area contributed by atoms with Crippen LogP contribution in [0.5, 0.6) is 0 Å². The molecule has 0 saturated carbocycles. The Bertz CT molecular complexity index is 567. The van der Waals surface area contributed by atoms with E-state index >= 15 is 0 Å². The highest BCUT2D eigenvalue weighted by molar-refractivity contribution is 9.10. The molecular weight excluding hydrogens is 282 g/mol. The van der Waals surface area contributed by atoms with E-state index in [1.165, 1.54) is 12.4 Å². The quantitative estimate of drug-likeness (QED) is 0.915. The van der Waals surface area contributed by atoms with Gasteiger partial charge in [-0.3, -0.25) is 4.79 Å². The fourth-order valence-electron chi connectivity index (χ4n) is 1.53. The van der Waals surface area contributed by atoms with Crippen LogP contribution in [0.2, 0.25) is 0 Å². The van der Waals surface area contributed by atoms with Crippen LogP contribution in [0.4, 0.5) is 5.82 Å². The van der Waals surface area contributed by atoms with Gasteiger partial charge in [0.15, 0.2) is 0 Å². The summed E-state index contributed by atoms with van der Waals surface area (Å²) in [6.07, 6.45) is 1.39. The summed E-state index contributed by atoms with van der Waals surface area (Å²) < 4.78 is 1.03. The third-order valence-electron chi connectivity index (χ3n) is 2.39. The average Bonchev–Trinajstić information content (AvgIpc) is 2.29. The zero-order valence-corrected chi connectivity index (χ0v) is 10.9. The van der Waals surface area contributed by atoms with E-state index in [1.54, 1.807) is 0 Å². The number of aromatic nitrogens is 2. The molecule has 88 valence electrons. The van der Waals surface area contributed by atoms with Gasteiger partial charge in [-0.25, -0.2) is 4.98 Å². The van der Waals surface area contributed by atoms with Crippen molar-refractivity contribution in [1.29, 1.82) is 0 Å². The number of hydrogen-bond acceptors (Lipinski definition) is 3. The van der Waals surface area contributed by atoms with Crippen LogP contribution in [0.15, 0.2) is 45.9 Å². The fourth-order valence-corrected chi connectivity index (χ4v) is 1.95. The molecule has 5 heteroatoms. The van der Waals surface area contributed by atoms with Crippen molar-refractivity contribution in [2.75, 3.05) is 5.32 Å². The molecular formula is C12H12BrN3O. The number of hydrogen-bond donors (Lipinski definition) is 2. The Morgan fingerprint density at radius 1 is 1.41 bits per heavy atom. The summed E-state index contributed by atoms with van der Waals surface area (Å²) in [7, 11) is 0. The third-order valence-corrected chi connectivity index (χ3v) is 2.88. The van der Waals surface area contributed by atoms with E-state index in [2.05, 4.69) is 31.2 Å². The van der Waals surface area contributed by atoms with E-state index in [-0.39, 0.29) is 11.6 Å². The van der Waals surface area contributed by atoms with Crippen LogP contribution in [0.3, 0.4) is 0 Å². The summed E-state index contributed by atoms with van der Waals surface area (Å²) >= 11 is 3.43. The number of rotatable bonds is 3. The first-order valence-corrected chi connectivity index (χ1v) is 6.01. The van der Waals surface area contributed by atoms with Crippen molar-refractivity contribution >= 4 is 21.7 Å².